The standard InChI is InChI=1S/C10H20N4S/c1-7(10(2,3)4)13(5)8-11-12-9(15)14(8)6/h7H,1-6H3,(H,12,15). The van der Waals surface area contributed by atoms with Gasteiger partial charge in [0.05, 0.1) is 0 Å². The summed E-state index contributed by atoms with van der Waals surface area (Å²) in [4.78, 5) is 2.15. The Morgan fingerprint density at radius 3 is 2.33 bits per heavy atom. The lowest BCUT2D eigenvalue weighted by Crippen LogP contribution is -2.40. The number of hydrogen-bond donors (Lipinski definition) is 1. The van der Waals surface area contributed by atoms with Crippen molar-refractivity contribution < 1.29 is 0 Å². The summed E-state index contributed by atoms with van der Waals surface area (Å²) in [6.07, 6.45) is 0. The van der Waals surface area contributed by atoms with E-state index in [0.717, 1.165) is 5.95 Å². The fourth-order valence-electron chi connectivity index (χ4n) is 1.41. The highest BCUT2D eigenvalue weighted by Crippen LogP contribution is 2.25. The van der Waals surface area contributed by atoms with Crippen molar-refractivity contribution in [2.24, 2.45) is 12.5 Å². The first kappa shape index (κ1) is 12.2. The SMILES string of the molecule is CC(N(C)c1n[nH]c(=S)n1C)C(C)(C)C. The van der Waals surface area contributed by atoms with Crippen molar-refractivity contribution >= 4 is 18.2 Å². The van der Waals surface area contributed by atoms with E-state index in [4.69, 9.17) is 12.2 Å². The minimum absolute atomic E-state index is 0.211. The summed E-state index contributed by atoms with van der Waals surface area (Å²) in [5, 5.41) is 7.02. The Labute approximate surface area is 96.3 Å². The Morgan fingerprint density at radius 1 is 1.47 bits per heavy atom. The van der Waals surface area contributed by atoms with E-state index in [1.54, 1.807) is 0 Å². The largest absolute Gasteiger partial charge is 0.341 e. The number of nitrogens with one attached hydrogen (secondary N) is 1. The Morgan fingerprint density at radius 2 is 2.00 bits per heavy atom. The number of hydrogen-bond acceptors (Lipinski definition) is 3. The summed E-state index contributed by atoms with van der Waals surface area (Å²) in [5.41, 5.74) is 0.211. The average molecular weight is 228 g/mol. The lowest BCUT2D eigenvalue weighted by atomic mass is 9.87. The maximum atomic E-state index is 5.09. The van der Waals surface area contributed by atoms with Gasteiger partial charge in [0, 0.05) is 20.1 Å². The molecule has 0 fully saturated rings. The van der Waals surface area contributed by atoms with Crippen molar-refractivity contribution in [1.29, 1.82) is 0 Å². The summed E-state index contributed by atoms with van der Waals surface area (Å²) in [6.45, 7) is 8.85. The number of aromatic amines is 1. The topological polar surface area (TPSA) is 36.9 Å². The normalized spacial score (nSPS) is 14.0. The van der Waals surface area contributed by atoms with Crippen LogP contribution in [0.15, 0.2) is 0 Å². The first-order chi connectivity index (χ1) is 6.75. The van der Waals surface area contributed by atoms with Crippen molar-refractivity contribution in [3.63, 3.8) is 0 Å². The monoisotopic (exact) mass is 228 g/mol. The molecule has 1 aromatic rings. The van der Waals surface area contributed by atoms with E-state index in [9.17, 15) is 0 Å². The molecule has 1 heterocycles. The van der Waals surface area contributed by atoms with Gasteiger partial charge in [-0.3, -0.25) is 4.57 Å². The van der Waals surface area contributed by atoms with Gasteiger partial charge in [-0.2, -0.15) is 0 Å². The van der Waals surface area contributed by atoms with Crippen LogP contribution in [-0.4, -0.2) is 27.9 Å². The Hall–Kier alpha value is -0.840. The van der Waals surface area contributed by atoms with Crippen molar-refractivity contribution in [3.05, 3.63) is 4.77 Å². The Bertz CT molecular complexity index is 385. The van der Waals surface area contributed by atoms with Crippen molar-refractivity contribution in [3.8, 4) is 0 Å². The third kappa shape index (κ3) is 2.40. The van der Waals surface area contributed by atoms with Gasteiger partial charge in [0.2, 0.25) is 5.95 Å². The van der Waals surface area contributed by atoms with Crippen LogP contribution in [0.4, 0.5) is 5.95 Å². The van der Waals surface area contributed by atoms with Crippen LogP contribution in [0.5, 0.6) is 0 Å². The molecule has 0 aliphatic heterocycles. The van der Waals surface area contributed by atoms with Crippen LogP contribution in [0.2, 0.25) is 0 Å². The second-order valence-electron chi connectivity index (χ2n) is 5.04. The molecule has 0 spiro atoms. The first-order valence-corrected chi connectivity index (χ1v) is 5.50. The lowest BCUT2D eigenvalue weighted by molar-refractivity contribution is 0.326. The number of H-pyrrole nitrogens is 1. The third-order valence-corrected chi connectivity index (χ3v) is 3.37. The molecule has 15 heavy (non-hydrogen) atoms. The smallest absolute Gasteiger partial charge is 0.225 e. The van der Waals surface area contributed by atoms with Gasteiger partial charge in [0.25, 0.3) is 0 Å². The second kappa shape index (κ2) is 3.96. The quantitative estimate of drug-likeness (QED) is 0.789. The van der Waals surface area contributed by atoms with E-state index in [1.165, 1.54) is 0 Å². The molecule has 4 nitrogen and oxygen atoms in total. The Kier molecular flexibility index (Phi) is 3.23. The summed E-state index contributed by atoms with van der Waals surface area (Å²) in [6, 6.07) is 0.390. The summed E-state index contributed by atoms with van der Waals surface area (Å²) in [7, 11) is 3.97. The van der Waals surface area contributed by atoms with E-state index in [0.29, 0.717) is 10.8 Å². The molecule has 0 saturated carbocycles. The molecule has 1 unspecified atom stereocenters. The summed E-state index contributed by atoms with van der Waals surface area (Å²) < 4.78 is 2.54. The van der Waals surface area contributed by atoms with Gasteiger partial charge in [0.15, 0.2) is 4.77 Å². The fourth-order valence-corrected chi connectivity index (χ4v) is 1.54. The highest BCUT2D eigenvalue weighted by molar-refractivity contribution is 7.71. The molecule has 0 saturated heterocycles. The van der Waals surface area contributed by atoms with E-state index in [-0.39, 0.29) is 5.41 Å². The maximum absolute atomic E-state index is 5.09. The van der Waals surface area contributed by atoms with Gasteiger partial charge < -0.3 is 4.90 Å². The lowest BCUT2D eigenvalue weighted by Gasteiger charge is -2.35. The third-order valence-electron chi connectivity index (χ3n) is 3.01. The van der Waals surface area contributed by atoms with E-state index in [2.05, 4.69) is 42.8 Å². The predicted molar refractivity (Wildman–Crippen MR) is 65.7 cm³/mol. The van der Waals surface area contributed by atoms with Crippen molar-refractivity contribution in [2.75, 3.05) is 11.9 Å². The molecule has 0 aliphatic carbocycles. The second-order valence-corrected chi connectivity index (χ2v) is 5.43. The first-order valence-electron chi connectivity index (χ1n) is 5.09. The molecule has 0 aromatic carbocycles. The van der Waals surface area contributed by atoms with Crippen LogP contribution in [0.3, 0.4) is 0 Å². The van der Waals surface area contributed by atoms with E-state index >= 15 is 0 Å². The molecule has 0 amide bonds. The molecule has 1 N–H and O–H groups in total. The van der Waals surface area contributed by atoms with Gasteiger partial charge in [-0.25, -0.2) is 5.10 Å². The van der Waals surface area contributed by atoms with Crippen LogP contribution < -0.4 is 4.90 Å². The molecule has 1 atom stereocenters. The number of aromatic nitrogens is 3. The average Bonchev–Trinajstić information content (AvgIpc) is 2.44. The van der Waals surface area contributed by atoms with Gasteiger partial charge in [-0.05, 0) is 24.6 Å². The number of anilines is 1. The molecular weight excluding hydrogens is 208 g/mol. The van der Waals surface area contributed by atoms with Crippen LogP contribution in [0.25, 0.3) is 0 Å². The molecule has 0 bridgehead atoms. The summed E-state index contributed by atoms with van der Waals surface area (Å²) >= 11 is 5.09. The van der Waals surface area contributed by atoms with Gasteiger partial charge in [-0.15, -0.1) is 5.10 Å². The number of rotatable bonds is 2. The zero-order valence-corrected chi connectivity index (χ0v) is 11.1. The van der Waals surface area contributed by atoms with Crippen LogP contribution >= 0.6 is 12.2 Å². The minimum atomic E-state index is 0.211. The molecule has 0 radical (unpaired) electrons. The molecule has 1 rings (SSSR count). The van der Waals surface area contributed by atoms with Gasteiger partial charge >= 0.3 is 0 Å². The minimum Gasteiger partial charge on any atom is -0.341 e. The summed E-state index contributed by atoms with van der Waals surface area (Å²) in [5.74, 6) is 0.877. The fraction of sp³-hybridized carbons (Fsp3) is 0.800. The maximum Gasteiger partial charge on any atom is 0.225 e. The molecule has 86 valence electrons. The van der Waals surface area contributed by atoms with Crippen LogP contribution in [0, 0.1) is 10.2 Å². The highest BCUT2D eigenvalue weighted by atomic mass is 32.1. The highest BCUT2D eigenvalue weighted by Gasteiger charge is 2.26. The predicted octanol–water partition coefficient (Wildman–Crippen LogP) is 2.35. The van der Waals surface area contributed by atoms with Crippen LogP contribution in [0.1, 0.15) is 27.7 Å². The van der Waals surface area contributed by atoms with Crippen LogP contribution in [-0.2, 0) is 7.05 Å². The zero-order valence-electron chi connectivity index (χ0n) is 10.3. The molecular formula is C10H20N4S. The molecule has 0 aliphatic rings. The van der Waals surface area contributed by atoms with Crippen molar-refractivity contribution in [2.45, 2.75) is 33.7 Å². The number of nitrogens with zero attached hydrogens (tertiary/aromatic N) is 3. The van der Waals surface area contributed by atoms with E-state index < -0.39 is 0 Å². The van der Waals surface area contributed by atoms with Gasteiger partial charge in [0.1, 0.15) is 0 Å². The molecule has 5 heteroatoms. The molecule has 1 aromatic heterocycles. The van der Waals surface area contributed by atoms with E-state index in [1.807, 2.05) is 18.7 Å². The van der Waals surface area contributed by atoms with Crippen molar-refractivity contribution in [1.82, 2.24) is 14.8 Å². The van der Waals surface area contributed by atoms with Gasteiger partial charge in [-0.1, -0.05) is 20.8 Å². The zero-order chi connectivity index (χ0) is 11.8. The Balaban J connectivity index is 3.00.